The first kappa shape index (κ1) is 13.6. The Morgan fingerprint density at radius 2 is 1.83 bits per heavy atom. The van der Waals surface area contributed by atoms with Crippen molar-refractivity contribution in [2.45, 2.75) is 39.8 Å². The van der Waals surface area contributed by atoms with Crippen molar-refractivity contribution < 1.29 is 0 Å². The third kappa shape index (κ3) is 2.93. The molecule has 1 aromatic carbocycles. The van der Waals surface area contributed by atoms with Crippen LogP contribution in [-0.4, -0.2) is 30.6 Å². The Kier molecular flexibility index (Phi) is 4.41. The predicted molar refractivity (Wildman–Crippen MR) is 77.8 cm³/mol. The molecule has 2 rings (SSSR count). The molecule has 1 aromatic rings. The molecular formula is C16H26N2. The van der Waals surface area contributed by atoms with Crippen molar-refractivity contribution in [2.24, 2.45) is 5.92 Å². The van der Waals surface area contributed by atoms with E-state index in [0.717, 1.165) is 19.6 Å². The van der Waals surface area contributed by atoms with Crippen LogP contribution in [0.5, 0.6) is 0 Å². The van der Waals surface area contributed by atoms with Gasteiger partial charge in [-0.1, -0.05) is 43.7 Å². The van der Waals surface area contributed by atoms with Gasteiger partial charge in [0, 0.05) is 31.7 Å². The number of benzene rings is 1. The lowest BCUT2D eigenvalue weighted by atomic mass is 9.96. The van der Waals surface area contributed by atoms with Gasteiger partial charge in [0.2, 0.25) is 0 Å². The zero-order valence-electron chi connectivity index (χ0n) is 12.1. The molecule has 2 heteroatoms. The second-order valence-corrected chi connectivity index (χ2v) is 5.84. The van der Waals surface area contributed by atoms with E-state index in [-0.39, 0.29) is 0 Å². The summed E-state index contributed by atoms with van der Waals surface area (Å²) in [6.45, 7) is 12.5. The first-order valence-corrected chi connectivity index (χ1v) is 7.12. The highest BCUT2D eigenvalue weighted by molar-refractivity contribution is 5.24. The van der Waals surface area contributed by atoms with Gasteiger partial charge in [-0.3, -0.25) is 4.90 Å². The third-order valence-corrected chi connectivity index (χ3v) is 4.15. The maximum absolute atomic E-state index is 3.52. The topological polar surface area (TPSA) is 15.3 Å². The second kappa shape index (κ2) is 5.85. The summed E-state index contributed by atoms with van der Waals surface area (Å²) in [4.78, 5) is 2.66. The summed E-state index contributed by atoms with van der Waals surface area (Å²) in [6.07, 6.45) is 0. The Labute approximate surface area is 111 Å². The van der Waals surface area contributed by atoms with E-state index in [1.54, 1.807) is 0 Å². The molecule has 0 spiro atoms. The fraction of sp³-hybridized carbons (Fsp3) is 0.625. The van der Waals surface area contributed by atoms with Crippen LogP contribution in [0.15, 0.2) is 24.3 Å². The average Bonchev–Trinajstić information content (AvgIpc) is 2.39. The molecular weight excluding hydrogens is 220 g/mol. The SMILES string of the molecule is Cc1ccc(C(C)N2CCNCC2C(C)C)cc1. The van der Waals surface area contributed by atoms with Gasteiger partial charge >= 0.3 is 0 Å². The van der Waals surface area contributed by atoms with Crippen LogP contribution < -0.4 is 5.32 Å². The summed E-state index contributed by atoms with van der Waals surface area (Å²) in [6, 6.07) is 10.2. The summed E-state index contributed by atoms with van der Waals surface area (Å²) in [5.74, 6) is 0.700. The maximum atomic E-state index is 3.52. The molecule has 2 atom stereocenters. The quantitative estimate of drug-likeness (QED) is 0.882. The zero-order chi connectivity index (χ0) is 13.1. The van der Waals surface area contributed by atoms with Crippen LogP contribution in [0.3, 0.4) is 0 Å². The fourth-order valence-electron chi connectivity index (χ4n) is 2.88. The Morgan fingerprint density at radius 1 is 1.17 bits per heavy atom. The number of hydrogen-bond donors (Lipinski definition) is 1. The standard InChI is InChI=1S/C16H26N2/c1-12(2)16-11-17-9-10-18(16)14(4)15-7-5-13(3)6-8-15/h5-8,12,14,16-17H,9-11H2,1-4H3. The van der Waals surface area contributed by atoms with E-state index in [1.165, 1.54) is 11.1 Å². The molecule has 0 amide bonds. The van der Waals surface area contributed by atoms with Gasteiger partial charge in [-0.25, -0.2) is 0 Å². The highest BCUT2D eigenvalue weighted by Crippen LogP contribution is 2.26. The van der Waals surface area contributed by atoms with Gasteiger partial charge in [0.15, 0.2) is 0 Å². The largest absolute Gasteiger partial charge is 0.314 e. The lowest BCUT2D eigenvalue weighted by Gasteiger charge is -2.42. The third-order valence-electron chi connectivity index (χ3n) is 4.15. The Balaban J connectivity index is 2.15. The predicted octanol–water partition coefficient (Wildman–Crippen LogP) is 2.99. The van der Waals surface area contributed by atoms with E-state index in [0.29, 0.717) is 18.0 Å². The van der Waals surface area contributed by atoms with E-state index >= 15 is 0 Å². The monoisotopic (exact) mass is 246 g/mol. The number of rotatable bonds is 3. The summed E-state index contributed by atoms with van der Waals surface area (Å²) in [5.41, 5.74) is 2.78. The van der Waals surface area contributed by atoms with Gasteiger partial charge in [-0.05, 0) is 25.3 Å². The minimum atomic E-state index is 0.514. The molecule has 2 unspecified atom stereocenters. The first-order chi connectivity index (χ1) is 8.59. The smallest absolute Gasteiger partial charge is 0.0324 e. The molecule has 1 aliphatic heterocycles. The Bertz CT molecular complexity index is 369. The Hall–Kier alpha value is -0.860. The van der Waals surface area contributed by atoms with Gasteiger partial charge < -0.3 is 5.32 Å². The van der Waals surface area contributed by atoms with E-state index in [9.17, 15) is 0 Å². The van der Waals surface area contributed by atoms with Crippen molar-refractivity contribution in [3.63, 3.8) is 0 Å². The summed E-state index contributed by atoms with van der Waals surface area (Å²) >= 11 is 0. The number of nitrogens with zero attached hydrogens (tertiary/aromatic N) is 1. The van der Waals surface area contributed by atoms with Gasteiger partial charge in [0.1, 0.15) is 0 Å². The molecule has 100 valence electrons. The van der Waals surface area contributed by atoms with Crippen LogP contribution in [-0.2, 0) is 0 Å². The summed E-state index contributed by atoms with van der Waals surface area (Å²) in [7, 11) is 0. The molecule has 0 aliphatic carbocycles. The molecule has 1 aliphatic rings. The fourth-order valence-corrected chi connectivity index (χ4v) is 2.88. The van der Waals surface area contributed by atoms with Crippen molar-refractivity contribution in [2.75, 3.05) is 19.6 Å². The van der Waals surface area contributed by atoms with Crippen molar-refractivity contribution in [3.8, 4) is 0 Å². The molecule has 0 saturated carbocycles. The minimum absolute atomic E-state index is 0.514. The van der Waals surface area contributed by atoms with Crippen LogP contribution in [0.25, 0.3) is 0 Å². The molecule has 2 nitrogen and oxygen atoms in total. The van der Waals surface area contributed by atoms with E-state index < -0.39 is 0 Å². The van der Waals surface area contributed by atoms with Gasteiger partial charge in [-0.2, -0.15) is 0 Å². The zero-order valence-corrected chi connectivity index (χ0v) is 12.1. The minimum Gasteiger partial charge on any atom is -0.314 e. The van der Waals surface area contributed by atoms with Gasteiger partial charge in [-0.15, -0.1) is 0 Å². The molecule has 0 aromatic heterocycles. The second-order valence-electron chi connectivity index (χ2n) is 5.84. The maximum Gasteiger partial charge on any atom is 0.0324 e. The normalized spacial score (nSPS) is 23.3. The molecule has 0 bridgehead atoms. The van der Waals surface area contributed by atoms with E-state index in [2.05, 4.69) is 62.2 Å². The van der Waals surface area contributed by atoms with E-state index in [4.69, 9.17) is 0 Å². The van der Waals surface area contributed by atoms with Crippen molar-refractivity contribution in [1.82, 2.24) is 10.2 Å². The summed E-state index contributed by atoms with van der Waals surface area (Å²) in [5, 5.41) is 3.52. The van der Waals surface area contributed by atoms with Crippen LogP contribution in [0, 0.1) is 12.8 Å². The molecule has 1 saturated heterocycles. The average molecular weight is 246 g/mol. The number of hydrogen-bond acceptors (Lipinski definition) is 2. The lowest BCUT2D eigenvalue weighted by molar-refractivity contribution is 0.0843. The van der Waals surface area contributed by atoms with Crippen LogP contribution in [0.2, 0.25) is 0 Å². The van der Waals surface area contributed by atoms with Crippen LogP contribution >= 0.6 is 0 Å². The number of piperazine rings is 1. The first-order valence-electron chi connectivity index (χ1n) is 7.12. The van der Waals surface area contributed by atoms with Crippen molar-refractivity contribution in [1.29, 1.82) is 0 Å². The van der Waals surface area contributed by atoms with Crippen molar-refractivity contribution >= 4 is 0 Å². The summed E-state index contributed by atoms with van der Waals surface area (Å²) < 4.78 is 0. The number of aryl methyl sites for hydroxylation is 1. The van der Waals surface area contributed by atoms with Crippen LogP contribution in [0.1, 0.15) is 37.9 Å². The molecule has 1 heterocycles. The van der Waals surface area contributed by atoms with Gasteiger partial charge in [0.25, 0.3) is 0 Å². The Morgan fingerprint density at radius 3 is 2.44 bits per heavy atom. The van der Waals surface area contributed by atoms with Crippen molar-refractivity contribution in [3.05, 3.63) is 35.4 Å². The van der Waals surface area contributed by atoms with Crippen LogP contribution in [0.4, 0.5) is 0 Å². The highest BCUT2D eigenvalue weighted by atomic mass is 15.2. The molecule has 1 N–H and O–H groups in total. The molecule has 18 heavy (non-hydrogen) atoms. The molecule has 0 radical (unpaired) electrons. The highest BCUT2D eigenvalue weighted by Gasteiger charge is 2.28. The lowest BCUT2D eigenvalue weighted by Crippen LogP contribution is -2.54. The molecule has 1 fully saturated rings. The van der Waals surface area contributed by atoms with E-state index in [1.807, 2.05) is 0 Å². The van der Waals surface area contributed by atoms with Gasteiger partial charge in [0.05, 0.1) is 0 Å². The number of nitrogens with one attached hydrogen (secondary N) is 1.